The number of carbonyl (C=O) groups is 4. The van der Waals surface area contributed by atoms with Crippen LogP contribution in [0, 0.1) is 17.2 Å². The molecule has 11 heteroatoms. The fourth-order valence-electron chi connectivity index (χ4n) is 5.24. The van der Waals surface area contributed by atoms with Gasteiger partial charge in [-0.15, -0.1) is 0 Å². The molecule has 0 aromatic heterocycles. The normalized spacial score (nSPS) is 11.8. The Balaban J connectivity index is 2.58. The van der Waals surface area contributed by atoms with Crippen molar-refractivity contribution in [2.75, 3.05) is 36.0 Å². The highest BCUT2D eigenvalue weighted by molar-refractivity contribution is 6.12. The third-order valence-corrected chi connectivity index (χ3v) is 8.09. The highest BCUT2D eigenvalue weighted by Crippen LogP contribution is 2.30. The highest BCUT2D eigenvalue weighted by Gasteiger charge is 2.24. The number of benzene rings is 2. The zero-order valence-corrected chi connectivity index (χ0v) is 27.8. The molecule has 47 heavy (non-hydrogen) atoms. The maximum atomic E-state index is 14.0. The summed E-state index contributed by atoms with van der Waals surface area (Å²) in [6, 6.07) is 11.2. The van der Waals surface area contributed by atoms with Crippen molar-refractivity contribution in [3.8, 4) is 11.8 Å². The Morgan fingerprint density at radius 3 is 2.13 bits per heavy atom. The van der Waals surface area contributed by atoms with Gasteiger partial charge in [-0.25, -0.2) is 9.59 Å². The first-order valence-electron chi connectivity index (χ1n) is 16.3. The lowest BCUT2D eigenvalue weighted by Gasteiger charge is -2.24. The van der Waals surface area contributed by atoms with Crippen LogP contribution in [0.4, 0.5) is 11.4 Å². The predicted molar refractivity (Wildman–Crippen MR) is 181 cm³/mol. The van der Waals surface area contributed by atoms with Crippen LogP contribution in [0.5, 0.6) is 5.75 Å². The zero-order valence-electron chi connectivity index (χ0n) is 27.8. The van der Waals surface area contributed by atoms with Gasteiger partial charge in [-0.05, 0) is 75.4 Å². The minimum absolute atomic E-state index is 0.0443. The molecule has 0 saturated carbocycles. The number of nitrogens with zero attached hydrogens (tertiary/aromatic N) is 3. The summed E-state index contributed by atoms with van der Waals surface area (Å²) < 4.78 is 6.35. The van der Waals surface area contributed by atoms with Gasteiger partial charge in [-0.3, -0.25) is 9.59 Å². The number of carboxylic acids is 3. The van der Waals surface area contributed by atoms with Crippen molar-refractivity contribution >= 4 is 41.3 Å². The van der Waals surface area contributed by atoms with Crippen LogP contribution in [0.2, 0.25) is 0 Å². The summed E-state index contributed by atoms with van der Waals surface area (Å²) in [6.07, 6.45) is 6.75. The third kappa shape index (κ3) is 11.5. The number of anilines is 2. The van der Waals surface area contributed by atoms with Crippen LogP contribution in [0.3, 0.4) is 0 Å². The second kappa shape index (κ2) is 19.6. The first-order chi connectivity index (χ1) is 22.5. The van der Waals surface area contributed by atoms with E-state index < -0.39 is 34.9 Å². The molecular weight excluding hydrogens is 602 g/mol. The number of unbranched alkanes of at least 4 members (excludes halogenated alkanes) is 3. The van der Waals surface area contributed by atoms with Gasteiger partial charge in [0.05, 0.1) is 17.7 Å². The van der Waals surface area contributed by atoms with E-state index in [1.54, 1.807) is 6.07 Å². The molecule has 0 aliphatic rings. The van der Waals surface area contributed by atoms with Crippen molar-refractivity contribution < 1.29 is 39.2 Å². The Labute approximate surface area is 277 Å². The van der Waals surface area contributed by atoms with Gasteiger partial charge >= 0.3 is 17.9 Å². The first kappa shape index (κ1) is 38.3. The molecule has 3 N–H and O–H groups in total. The Morgan fingerprint density at radius 2 is 1.55 bits per heavy atom. The van der Waals surface area contributed by atoms with E-state index in [0.717, 1.165) is 56.6 Å². The van der Waals surface area contributed by atoms with Crippen LogP contribution >= 0.6 is 0 Å². The van der Waals surface area contributed by atoms with E-state index in [1.807, 2.05) is 18.2 Å². The summed E-state index contributed by atoms with van der Waals surface area (Å²) in [6.45, 7) is 10.5. The topological polar surface area (TPSA) is 168 Å². The minimum Gasteiger partial charge on any atom is -0.493 e. The molecule has 0 fully saturated rings. The van der Waals surface area contributed by atoms with Crippen molar-refractivity contribution in [3.63, 3.8) is 0 Å². The lowest BCUT2D eigenvalue weighted by atomic mass is 10.0. The van der Waals surface area contributed by atoms with Crippen molar-refractivity contribution in [2.45, 2.75) is 79.1 Å². The van der Waals surface area contributed by atoms with E-state index in [1.165, 1.54) is 17.0 Å². The minimum atomic E-state index is -1.48. The number of nitriles is 1. The lowest BCUT2D eigenvalue weighted by Crippen LogP contribution is -2.33. The molecule has 2 rings (SSSR count). The van der Waals surface area contributed by atoms with Crippen LogP contribution in [0.1, 0.15) is 105 Å². The van der Waals surface area contributed by atoms with Gasteiger partial charge in [0.1, 0.15) is 17.4 Å². The summed E-state index contributed by atoms with van der Waals surface area (Å²) in [4.78, 5) is 51.9. The van der Waals surface area contributed by atoms with Crippen LogP contribution in [-0.2, 0) is 9.59 Å². The molecular formula is C36H47N3O8. The summed E-state index contributed by atoms with van der Waals surface area (Å²) in [5, 5.41) is 38.3. The summed E-state index contributed by atoms with van der Waals surface area (Å²) in [5.74, 6) is -3.69. The summed E-state index contributed by atoms with van der Waals surface area (Å²) >= 11 is 0. The summed E-state index contributed by atoms with van der Waals surface area (Å²) in [5.41, 5.74) is 0.407. The molecule has 11 nitrogen and oxygen atoms in total. The van der Waals surface area contributed by atoms with Crippen LogP contribution in [0.25, 0.3) is 6.08 Å². The average molecular weight is 650 g/mol. The predicted octanol–water partition coefficient (Wildman–Crippen LogP) is 7.11. The molecule has 0 spiro atoms. The Hall–Kier alpha value is -4.85. The zero-order chi connectivity index (χ0) is 34.9. The van der Waals surface area contributed by atoms with Gasteiger partial charge in [0.25, 0.3) is 5.91 Å². The maximum absolute atomic E-state index is 14.0. The monoisotopic (exact) mass is 649 g/mol. The number of carboxylic acid groups (broad SMARTS) is 3. The molecule has 0 aliphatic carbocycles. The van der Waals surface area contributed by atoms with Gasteiger partial charge in [0.2, 0.25) is 0 Å². The van der Waals surface area contributed by atoms with E-state index in [9.17, 15) is 34.7 Å². The number of ether oxygens (including phenoxy) is 1. The lowest BCUT2D eigenvalue weighted by molar-refractivity contribution is -0.137. The van der Waals surface area contributed by atoms with E-state index in [-0.39, 0.29) is 24.2 Å². The van der Waals surface area contributed by atoms with Crippen LogP contribution in [0.15, 0.2) is 42.0 Å². The molecule has 1 amide bonds. The van der Waals surface area contributed by atoms with E-state index >= 15 is 0 Å². The molecule has 0 aliphatic heterocycles. The smallest absolute Gasteiger partial charge is 0.336 e. The van der Waals surface area contributed by atoms with Gasteiger partial charge < -0.3 is 29.9 Å². The number of hydrogen-bond acceptors (Lipinski definition) is 7. The van der Waals surface area contributed by atoms with Crippen LogP contribution in [-0.4, -0.2) is 65.4 Å². The van der Waals surface area contributed by atoms with Crippen molar-refractivity contribution in [1.82, 2.24) is 0 Å². The van der Waals surface area contributed by atoms with E-state index in [0.29, 0.717) is 43.1 Å². The standard InChI is InChI=1S/C36H47N3O8/c1-5-9-13-25(6-2)24-47-32-22-28(38(7-3)8-4)16-15-26(32)20-27(23-37)34(42)39(19-12-10-11-14-33(40)41)29-17-18-30(35(43)44)31(21-29)36(45)46/h15-18,20-22,25H,5-14,19,24H2,1-4H3,(H,40,41)(H,43,44)(H,45,46)/b27-20+. The van der Waals surface area contributed by atoms with Gasteiger partial charge in [0.15, 0.2) is 0 Å². The number of hydrogen-bond donors (Lipinski definition) is 3. The Kier molecular flexibility index (Phi) is 16.0. The Bertz CT molecular complexity index is 1460. The number of aliphatic carboxylic acids is 1. The van der Waals surface area contributed by atoms with E-state index in [4.69, 9.17) is 9.84 Å². The molecule has 2 aromatic carbocycles. The van der Waals surface area contributed by atoms with Gasteiger partial charge in [-0.1, -0.05) is 39.5 Å². The van der Waals surface area contributed by atoms with Gasteiger partial charge in [-0.2, -0.15) is 5.26 Å². The van der Waals surface area contributed by atoms with Crippen molar-refractivity contribution in [1.29, 1.82) is 5.26 Å². The second-order valence-electron chi connectivity index (χ2n) is 11.3. The van der Waals surface area contributed by atoms with Gasteiger partial charge in [0, 0.05) is 49.1 Å². The molecule has 254 valence electrons. The third-order valence-electron chi connectivity index (χ3n) is 8.09. The maximum Gasteiger partial charge on any atom is 0.336 e. The fourth-order valence-corrected chi connectivity index (χ4v) is 5.24. The Morgan fingerprint density at radius 1 is 0.872 bits per heavy atom. The first-order valence-corrected chi connectivity index (χ1v) is 16.3. The van der Waals surface area contributed by atoms with Crippen molar-refractivity contribution in [2.24, 2.45) is 5.92 Å². The van der Waals surface area contributed by atoms with Crippen LogP contribution < -0.4 is 14.5 Å². The number of aromatic carboxylic acids is 2. The SMILES string of the molecule is CCCCC(CC)COc1cc(N(CC)CC)ccc1/C=C(\C#N)C(=O)N(CCCCCC(=O)O)c1ccc(C(=O)O)c(C(=O)O)c1. The second-order valence-corrected chi connectivity index (χ2v) is 11.3. The quantitative estimate of drug-likeness (QED) is 0.0720. The largest absolute Gasteiger partial charge is 0.493 e. The van der Waals surface area contributed by atoms with E-state index in [2.05, 4.69) is 32.6 Å². The molecule has 0 saturated heterocycles. The highest BCUT2D eigenvalue weighted by atomic mass is 16.5. The molecule has 0 heterocycles. The average Bonchev–Trinajstić information content (AvgIpc) is 3.05. The van der Waals surface area contributed by atoms with Crippen molar-refractivity contribution in [3.05, 3.63) is 58.7 Å². The number of amides is 1. The number of rotatable bonds is 21. The fraction of sp³-hybridized carbons (Fsp3) is 0.472. The number of carbonyl (C=O) groups excluding carboxylic acids is 1. The molecule has 0 radical (unpaired) electrons. The summed E-state index contributed by atoms with van der Waals surface area (Å²) in [7, 11) is 0. The molecule has 0 bridgehead atoms. The molecule has 1 unspecified atom stereocenters. The molecule has 2 aromatic rings. The molecule has 1 atom stereocenters.